The molecule has 0 radical (unpaired) electrons. The minimum atomic E-state index is -0.688. The summed E-state index contributed by atoms with van der Waals surface area (Å²) < 4.78 is 21.6. The number of fused-ring (bicyclic) bond motifs is 1. The maximum Gasteiger partial charge on any atom is 0.256 e. The van der Waals surface area contributed by atoms with Crippen LogP contribution in [-0.4, -0.2) is 53.4 Å². The zero-order valence-electron chi connectivity index (χ0n) is 20.9. The van der Waals surface area contributed by atoms with Gasteiger partial charge in [0.15, 0.2) is 5.78 Å². The molecule has 38 heavy (non-hydrogen) atoms. The quantitative estimate of drug-likeness (QED) is 0.423. The lowest BCUT2D eigenvalue weighted by Gasteiger charge is -2.31. The third kappa shape index (κ3) is 5.87. The number of piperidine rings is 1. The zero-order valence-corrected chi connectivity index (χ0v) is 22.4. The van der Waals surface area contributed by atoms with E-state index in [1.807, 2.05) is 16.4 Å². The summed E-state index contributed by atoms with van der Waals surface area (Å²) in [5, 5.41) is 3.70. The Hall–Kier alpha value is -2.94. The van der Waals surface area contributed by atoms with Crippen molar-refractivity contribution in [3.05, 3.63) is 73.7 Å². The van der Waals surface area contributed by atoms with Crippen LogP contribution in [0.25, 0.3) is 10.9 Å². The van der Waals surface area contributed by atoms with E-state index in [4.69, 9.17) is 27.9 Å². The van der Waals surface area contributed by atoms with E-state index in [0.29, 0.717) is 42.2 Å². The number of halogens is 3. The van der Waals surface area contributed by atoms with E-state index < -0.39 is 17.2 Å². The number of nitrogens with zero attached hydrogens (tertiary/aromatic N) is 2. The lowest BCUT2D eigenvalue weighted by atomic mass is 10.0. The molecule has 0 atom stereocenters. The van der Waals surface area contributed by atoms with Crippen molar-refractivity contribution in [3.8, 4) is 5.75 Å². The number of hydrogen-bond donors (Lipinski definition) is 1. The molecule has 200 valence electrons. The van der Waals surface area contributed by atoms with Crippen molar-refractivity contribution in [2.24, 2.45) is 0 Å². The molecule has 3 aromatic rings. The number of Topliss-reactive ketones (excluding diaryl/α,β-unsaturated/α-hetero) is 1. The Morgan fingerprint density at radius 3 is 2.50 bits per heavy atom. The van der Waals surface area contributed by atoms with Gasteiger partial charge in [0.1, 0.15) is 23.7 Å². The van der Waals surface area contributed by atoms with Gasteiger partial charge in [-0.05, 0) is 68.5 Å². The predicted octanol–water partition coefficient (Wildman–Crippen LogP) is 4.93. The SMILES string of the molecule is Cc1cc(OCC(=O)CN2CCC(NC(=O)c3cn(C4CC4)c4cc(Cl)c(F)cc4c3=O)CC2)ccc1Cl. The van der Waals surface area contributed by atoms with Crippen molar-refractivity contribution in [2.45, 2.75) is 44.7 Å². The molecule has 1 aliphatic carbocycles. The predicted molar refractivity (Wildman–Crippen MR) is 145 cm³/mol. The number of benzene rings is 2. The van der Waals surface area contributed by atoms with Crippen LogP contribution in [0.3, 0.4) is 0 Å². The number of likely N-dealkylation sites (tertiary alicyclic amines) is 1. The average Bonchev–Trinajstić information content (AvgIpc) is 3.73. The molecule has 1 aromatic heterocycles. The third-order valence-corrected chi connectivity index (χ3v) is 7.82. The first-order chi connectivity index (χ1) is 18.2. The molecule has 1 saturated carbocycles. The summed E-state index contributed by atoms with van der Waals surface area (Å²) in [5.74, 6) is -0.597. The van der Waals surface area contributed by atoms with Gasteiger partial charge in [0, 0.05) is 41.8 Å². The number of carbonyl (C=O) groups excluding carboxylic acids is 2. The molecule has 1 aliphatic heterocycles. The van der Waals surface area contributed by atoms with E-state index in [1.165, 1.54) is 6.07 Å². The molecule has 2 aromatic carbocycles. The molecule has 7 nitrogen and oxygen atoms in total. The largest absolute Gasteiger partial charge is 0.486 e. The van der Waals surface area contributed by atoms with Crippen LogP contribution in [0.1, 0.15) is 47.6 Å². The van der Waals surface area contributed by atoms with Crippen LogP contribution in [0.4, 0.5) is 4.39 Å². The van der Waals surface area contributed by atoms with Gasteiger partial charge in [0.2, 0.25) is 5.43 Å². The summed E-state index contributed by atoms with van der Waals surface area (Å²) in [6, 6.07) is 7.87. The molecule has 10 heteroatoms. The molecular formula is C28H28Cl2FN3O4. The van der Waals surface area contributed by atoms with Gasteiger partial charge in [0.05, 0.1) is 17.1 Å². The molecule has 2 aliphatic rings. The second-order valence-corrected chi connectivity index (χ2v) is 10.9. The number of ether oxygens (including phenoxy) is 1. The smallest absolute Gasteiger partial charge is 0.256 e. The minimum Gasteiger partial charge on any atom is -0.486 e. The highest BCUT2D eigenvalue weighted by atomic mass is 35.5. The third-order valence-electron chi connectivity index (χ3n) is 7.11. The monoisotopic (exact) mass is 559 g/mol. The average molecular weight is 560 g/mol. The number of hydrogen-bond acceptors (Lipinski definition) is 5. The number of rotatable bonds is 8. The second-order valence-electron chi connectivity index (χ2n) is 10.1. The van der Waals surface area contributed by atoms with Gasteiger partial charge in [-0.1, -0.05) is 23.2 Å². The fourth-order valence-corrected chi connectivity index (χ4v) is 5.10. The Bertz CT molecular complexity index is 1460. The molecule has 0 unspecified atom stereocenters. The Balaban J connectivity index is 1.17. The summed E-state index contributed by atoms with van der Waals surface area (Å²) in [6.07, 6.45) is 4.71. The fourth-order valence-electron chi connectivity index (χ4n) is 4.83. The van der Waals surface area contributed by atoms with Crippen molar-refractivity contribution >= 4 is 45.8 Å². The minimum absolute atomic E-state index is 0.00156. The number of ketones is 1. The maximum atomic E-state index is 14.2. The van der Waals surface area contributed by atoms with Gasteiger partial charge in [-0.15, -0.1) is 0 Å². The zero-order chi connectivity index (χ0) is 27.0. The number of amides is 1. The van der Waals surface area contributed by atoms with Gasteiger partial charge >= 0.3 is 0 Å². The van der Waals surface area contributed by atoms with Crippen molar-refractivity contribution in [3.63, 3.8) is 0 Å². The molecular weight excluding hydrogens is 532 g/mol. The number of nitrogens with one attached hydrogen (secondary N) is 1. The van der Waals surface area contributed by atoms with Crippen LogP contribution in [0.5, 0.6) is 5.75 Å². The van der Waals surface area contributed by atoms with Crippen molar-refractivity contribution in [1.29, 1.82) is 0 Å². The highest BCUT2D eigenvalue weighted by molar-refractivity contribution is 6.31. The number of aryl methyl sites for hydroxylation is 1. The topological polar surface area (TPSA) is 80.6 Å². The second kappa shape index (κ2) is 11.0. The molecule has 0 spiro atoms. The number of pyridine rings is 1. The summed E-state index contributed by atoms with van der Waals surface area (Å²) in [6.45, 7) is 3.37. The van der Waals surface area contributed by atoms with E-state index in [2.05, 4.69) is 5.32 Å². The fraction of sp³-hybridized carbons (Fsp3) is 0.393. The standard InChI is InChI=1S/C28H28Cl2FN3O4/c1-16-10-20(4-5-23(16)29)38-15-19(35)13-33-8-6-17(7-9-33)32-28(37)22-14-34(18-2-3-18)26-12-24(30)25(31)11-21(26)27(22)36/h4-5,10-12,14,17-18H,2-3,6-9,13,15H2,1H3,(H,32,37). The summed E-state index contributed by atoms with van der Waals surface area (Å²) >= 11 is 12.0. The van der Waals surface area contributed by atoms with Crippen LogP contribution >= 0.6 is 23.2 Å². The van der Waals surface area contributed by atoms with Crippen LogP contribution < -0.4 is 15.5 Å². The highest BCUT2D eigenvalue weighted by Gasteiger charge is 2.29. The Morgan fingerprint density at radius 2 is 1.82 bits per heavy atom. The first kappa shape index (κ1) is 26.7. The van der Waals surface area contributed by atoms with Gasteiger partial charge < -0.3 is 14.6 Å². The molecule has 2 heterocycles. The summed E-state index contributed by atoms with van der Waals surface area (Å²) in [5.41, 5.74) is 0.906. The van der Waals surface area contributed by atoms with E-state index in [9.17, 15) is 18.8 Å². The highest BCUT2D eigenvalue weighted by Crippen LogP contribution is 2.37. The first-order valence-electron chi connectivity index (χ1n) is 12.7. The molecule has 1 saturated heterocycles. The molecule has 1 amide bonds. The molecule has 5 rings (SSSR count). The van der Waals surface area contributed by atoms with Crippen LogP contribution in [0.2, 0.25) is 10.0 Å². The van der Waals surface area contributed by atoms with Gasteiger partial charge in [-0.3, -0.25) is 19.3 Å². The lowest BCUT2D eigenvalue weighted by Crippen LogP contribution is -2.47. The van der Waals surface area contributed by atoms with Crippen molar-refractivity contribution in [1.82, 2.24) is 14.8 Å². The lowest BCUT2D eigenvalue weighted by molar-refractivity contribution is -0.122. The van der Waals surface area contributed by atoms with E-state index in [0.717, 1.165) is 24.5 Å². The maximum absolute atomic E-state index is 14.2. The van der Waals surface area contributed by atoms with Gasteiger partial charge in [0.25, 0.3) is 5.91 Å². The summed E-state index contributed by atoms with van der Waals surface area (Å²) in [7, 11) is 0. The van der Waals surface area contributed by atoms with Crippen molar-refractivity contribution in [2.75, 3.05) is 26.2 Å². The van der Waals surface area contributed by atoms with Crippen LogP contribution in [0.15, 0.2) is 41.3 Å². The number of carbonyl (C=O) groups is 2. The van der Waals surface area contributed by atoms with Gasteiger partial charge in [-0.2, -0.15) is 0 Å². The Morgan fingerprint density at radius 1 is 1.08 bits per heavy atom. The van der Waals surface area contributed by atoms with E-state index >= 15 is 0 Å². The first-order valence-corrected chi connectivity index (χ1v) is 13.4. The normalized spacial score (nSPS) is 16.5. The molecule has 2 fully saturated rings. The van der Waals surface area contributed by atoms with Crippen LogP contribution in [-0.2, 0) is 4.79 Å². The van der Waals surface area contributed by atoms with E-state index in [-0.39, 0.29) is 47.0 Å². The Labute approximate surface area is 229 Å². The van der Waals surface area contributed by atoms with E-state index in [1.54, 1.807) is 24.4 Å². The van der Waals surface area contributed by atoms with Crippen LogP contribution in [0, 0.1) is 12.7 Å². The van der Waals surface area contributed by atoms with Gasteiger partial charge in [-0.25, -0.2) is 4.39 Å². The molecule has 0 bridgehead atoms. The van der Waals surface area contributed by atoms with Crippen molar-refractivity contribution < 1.29 is 18.7 Å². The molecule has 1 N–H and O–H groups in total. The summed E-state index contributed by atoms with van der Waals surface area (Å²) in [4.78, 5) is 40.7. The number of aromatic nitrogens is 1. The Kier molecular flexibility index (Phi) is 7.75.